The quantitative estimate of drug-likeness (QED) is 0.750. The van der Waals surface area contributed by atoms with Crippen molar-refractivity contribution in [2.45, 2.75) is 16.6 Å². The minimum atomic E-state index is -0.270. The molecule has 4 N–H and O–H groups in total. The second kappa shape index (κ2) is 6.10. The predicted molar refractivity (Wildman–Crippen MR) is 77.6 cm³/mol. The van der Waals surface area contributed by atoms with E-state index in [1.807, 2.05) is 25.2 Å². The summed E-state index contributed by atoms with van der Waals surface area (Å²) in [6.45, 7) is 0.706. The number of anilines is 1. The van der Waals surface area contributed by atoms with Gasteiger partial charge in [-0.3, -0.25) is 4.79 Å². The Hall–Kier alpha value is -1.50. The molecule has 0 spiro atoms. The molecule has 0 saturated carbocycles. The van der Waals surface area contributed by atoms with Crippen molar-refractivity contribution in [2.24, 2.45) is 0 Å². The molecule has 7 heteroatoms. The van der Waals surface area contributed by atoms with Crippen molar-refractivity contribution in [2.75, 3.05) is 12.8 Å². The summed E-state index contributed by atoms with van der Waals surface area (Å²) in [7, 11) is 1.86. The number of nitrogens with one attached hydrogen (secondary N) is 2. The Balaban J connectivity index is 2.23. The highest BCUT2D eigenvalue weighted by atomic mass is 35.5. The van der Waals surface area contributed by atoms with Crippen molar-refractivity contribution in [3.05, 3.63) is 45.2 Å². The molecule has 0 unspecified atom stereocenters. The van der Waals surface area contributed by atoms with Crippen LogP contribution < -0.4 is 16.6 Å². The minimum absolute atomic E-state index is 0.198. The number of hydrogen-bond acceptors (Lipinski definition) is 5. The molecule has 1 aromatic heterocycles. The molecule has 0 saturated heterocycles. The number of nitrogen functional groups attached to an aromatic ring is 1. The van der Waals surface area contributed by atoms with Crippen LogP contribution in [0, 0.1) is 0 Å². The molecule has 100 valence electrons. The van der Waals surface area contributed by atoms with Gasteiger partial charge in [-0.05, 0) is 24.7 Å². The summed E-state index contributed by atoms with van der Waals surface area (Å²) >= 11 is 7.47. The van der Waals surface area contributed by atoms with E-state index in [4.69, 9.17) is 17.3 Å². The maximum Gasteiger partial charge on any atom is 0.253 e. The Bertz CT molecular complexity index is 644. The Kier molecular flexibility index (Phi) is 4.47. The number of hydrogen-bond donors (Lipinski definition) is 3. The first-order valence-electron chi connectivity index (χ1n) is 5.56. The van der Waals surface area contributed by atoms with Crippen LogP contribution in [-0.4, -0.2) is 17.0 Å². The fourth-order valence-corrected chi connectivity index (χ4v) is 2.69. The number of rotatable bonds is 4. The van der Waals surface area contributed by atoms with Gasteiger partial charge in [0.25, 0.3) is 5.56 Å². The van der Waals surface area contributed by atoms with Crippen molar-refractivity contribution < 1.29 is 0 Å². The number of aromatic nitrogens is 2. The third-order valence-electron chi connectivity index (χ3n) is 2.35. The molecule has 0 aliphatic heterocycles. The normalized spacial score (nSPS) is 10.6. The van der Waals surface area contributed by atoms with Crippen molar-refractivity contribution in [1.29, 1.82) is 0 Å². The van der Waals surface area contributed by atoms with Crippen LogP contribution in [0.2, 0.25) is 5.02 Å². The minimum Gasteiger partial charge on any atom is -0.383 e. The molecule has 0 bridgehead atoms. The average molecular weight is 297 g/mol. The molecule has 19 heavy (non-hydrogen) atoms. The van der Waals surface area contributed by atoms with Crippen molar-refractivity contribution in [3.63, 3.8) is 0 Å². The number of benzene rings is 1. The molecule has 0 amide bonds. The van der Waals surface area contributed by atoms with E-state index in [1.165, 1.54) is 17.8 Å². The van der Waals surface area contributed by atoms with Gasteiger partial charge < -0.3 is 16.0 Å². The van der Waals surface area contributed by atoms with Gasteiger partial charge in [-0.15, -0.1) is 0 Å². The zero-order valence-corrected chi connectivity index (χ0v) is 11.8. The van der Waals surface area contributed by atoms with E-state index in [2.05, 4.69) is 15.3 Å². The maximum atomic E-state index is 11.3. The van der Waals surface area contributed by atoms with Crippen LogP contribution in [0.25, 0.3) is 0 Å². The van der Waals surface area contributed by atoms with Crippen LogP contribution >= 0.6 is 23.4 Å². The van der Waals surface area contributed by atoms with E-state index in [9.17, 15) is 4.79 Å². The molecular formula is C12H13ClN4OS. The molecule has 0 atom stereocenters. The molecule has 2 aromatic rings. The standard InChI is InChI=1S/C12H13ClN4OS/c1-15-6-7-2-3-8(4-9(7)13)19-12-16-10(14)5-11(18)17-12/h2-5,15H,6H2,1H3,(H3,14,16,17,18). The molecule has 0 fully saturated rings. The number of nitrogens with two attached hydrogens (primary N) is 1. The van der Waals surface area contributed by atoms with Crippen LogP contribution in [0.3, 0.4) is 0 Å². The first-order valence-corrected chi connectivity index (χ1v) is 6.75. The van der Waals surface area contributed by atoms with E-state index in [-0.39, 0.29) is 11.4 Å². The van der Waals surface area contributed by atoms with Gasteiger partial charge in [-0.1, -0.05) is 29.4 Å². The molecule has 0 aliphatic carbocycles. The van der Waals surface area contributed by atoms with Crippen molar-refractivity contribution >= 4 is 29.2 Å². The number of H-pyrrole nitrogens is 1. The van der Waals surface area contributed by atoms with Crippen molar-refractivity contribution in [3.8, 4) is 0 Å². The van der Waals surface area contributed by atoms with E-state index in [1.54, 1.807) is 0 Å². The van der Waals surface area contributed by atoms with E-state index < -0.39 is 0 Å². The number of nitrogens with zero attached hydrogens (tertiary/aromatic N) is 1. The van der Waals surface area contributed by atoms with Gasteiger partial charge in [0.2, 0.25) is 0 Å². The fraction of sp³-hybridized carbons (Fsp3) is 0.167. The van der Waals surface area contributed by atoms with Gasteiger partial charge in [0.15, 0.2) is 5.16 Å². The molecule has 1 heterocycles. The van der Waals surface area contributed by atoms with Gasteiger partial charge >= 0.3 is 0 Å². The lowest BCUT2D eigenvalue weighted by Gasteiger charge is -2.06. The zero-order chi connectivity index (χ0) is 13.8. The molecule has 2 rings (SSSR count). The highest BCUT2D eigenvalue weighted by Crippen LogP contribution is 2.28. The third kappa shape index (κ3) is 3.73. The fourth-order valence-electron chi connectivity index (χ4n) is 1.54. The predicted octanol–water partition coefficient (Wildman–Crippen LogP) is 1.88. The van der Waals surface area contributed by atoms with Gasteiger partial charge in [0.1, 0.15) is 5.82 Å². The van der Waals surface area contributed by atoms with Crippen LogP contribution in [0.15, 0.2) is 39.1 Å². The first kappa shape index (κ1) is 13.9. The van der Waals surface area contributed by atoms with E-state index in [0.29, 0.717) is 16.7 Å². The molecule has 0 radical (unpaired) electrons. The Morgan fingerprint density at radius 3 is 2.89 bits per heavy atom. The van der Waals surface area contributed by atoms with Gasteiger partial charge in [-0.25, -0.2) is 4.98 Å². The van der Waals surface area contributed by atoms with E-state index in [0.717, 1.165) is 10.5 Å². The third-order valence-corrected chi connectivity index (χ3v) is 3.57. The lowest BCUT2D eigenvalue weighted by Crippen LogP contribution is -2.09. The Labute approximate surface area is 119 Å². The van der Waals surface area contributed by atoms with Gasteiger partial charge in [0.05, 0.1) is 0 Å². The highest BCUT2D eigenvalue weighted by Gasteiger charge is 2.05. The monoisotopic (exact) mass is 296 g/mol. The topological polar surface area (TPSA) is 83.8 Å². The Morgan fingerprint density at radius 1 is 1.47 bits per heavy atom. The molecule has 5 nitrogen and oxygen atoms in total. The van der Waals surface area contributed by atoms with Gasteiger partial charge in [0, 0.05) is 22.5 Å². The SMILES string of the molecule is CNCc1ccc(Sc2nc(N)cc(=O)[nH]2)cc1Cl. The summed E-state index contributed by atoms with van der Waals surface area (Å²) in [5.41, 5.74) is 6.27. The Morgan fingerprint density at radius 2 is 2.26 bits per heavy atom. The second-order valence-corrected chi connectivity index (χ2v) is 5.33. The van der Waals surface area contributed by atoms with Crippen LogP contribution in [0.4, 0.5) is 5.82 Å². The smallest absolute Gasteiger partial charge is 0.253 e. The molecular weight excluding hydrogens is 284 g/mol. The summed E-state index contributed by atoms with van der Waals surface area (Å²) in [6.07, 6.45) is 0. The van der Waals surface area contributed by atoms with Gasteiger partial charge in [-0.2, -0.15) is 0 Å². The summed E-state index contributed by atoms with van der Waals surface area (Å²) in [5.74, 6) is 0.198. The number of aromatic amines is 1. The zero-order valence-electron chi connectivity index (χ0n) is 10.2. The highest BCUT2D eigenvalue weighted by molar-refractivity contribution is 7.99. The summed E-state index contributed by atoms with van der Waals surface area (Å²) in [4.78, 5) is 18.8. The maximum absolute atomic E-state index is 11.3. The molecule has 1 aromatic carbocycles. The lowest BCUT2D eigenvalue weighted by molar-refractivity contribution is 0.817. The van der Waals surface area contributed by atoms with E-state index >= 15 is 0 Å². The van der Waals surface area contributed by atoms with Crippen LogP contribution in [-0.2, 0) is 6.54 Å². The molecule has 0 aliphatic rings. The number of halogens is 1. The van der Waals surface area contributed by atoms with Crippen LogP contribution in [0.1, 0.15) is 5.56 Å². The van der Waals surface area contributed by atoms with Crippen LogP contribution in [0.5, 0.6) is 0 Å². The summed E-state index contributed by atoms with van der Waals surface area (Å²) < 4.78 is 0. The lowest BCUT2D eigenvalue weighted by atomic mass is 10.2. The summed E-state index contributed by atoms with van der Waals surface area (Å²) in [5, 5.41) is 4.16. The second-order valence-electron chi connectivity index (χ2n) is 3.86. The van der Waals surface area contributed by atoms with Crippen molar-refractivity contribution in [1.82, 2.24) is 15.3 Å². The largest absolute Gasteiger partial charge is 0.383 e. The average Bonchev–Trinajstić information content (AvgIpc) is 2.31. The summed E-state index contributed by atoms with van der Waals surface area (Å²) in [6, 6.07) is 6.94. The first-order chi connectivity index (χ1) is 9.08.